The number of rotatable bonds is 5. The van der Waals surface area contributed by atoms with Gasteiger partial charge in [-0.2, -0.15) is 11.8 Å². The molecule has 0 bridgehead atoms. The van der Waals surface area contributed by atoms with Crippen LogP contribution in [0.15, 0.2) is 36.5 Å². The van der Waals surface area contributed by atoms with E-state index < -0.39 is 0 Å². The van der Waals surface area contributed by atoms with E-state index in [2.05, 4.69) is 15.2 Å². The normalized spacial score (nSPS) is 19.9. The first-order valence-electron chi connectivity index (χ1n) is 9.46. The van der Waals surface area contributed by atoms with Gasteiger partial charge in [0.05, 0.1) is 6.10 Å². The van der Waals surface area contributed by atoms with E-state index in [0.29, 0.717) is 17.9 Å². The zero-order valence-corrected chi connectivity index (χ0v) is 16.1. The van der Waals surface area contributed by atoms with E-state index in [-0.39, 0.29) is 12.0 Å². The number of benzene rings is 1. The molecule has 2 saturated heterocycles. The van der Waals surface area contributed by atoms with Crippen LogP contribution >= 0.6 is 11.8 Å². The molecule has 1 amide bonds. The van der Waals surface area contributed by atoms with Crippen molar-refractivity contribution < 1.29 is 9.53 Å². The van der Waals surface area contributed by atoms with Gasteiger partial charge in [0.2, 0.25) is 0 Å². The largest absolute Gasteiger partial charge is 0.376 e. The number of hydrogen-bond acceptors (Lipinski definition) is 6. The molecule has 2 aromatic rings. The molecule has 0 aliphatic carbocycles. The zero-order valence-electron chi connectivity index (χ0n) is 15.3. The van der Waals surface area contributed by atoms with Crippen LogP contribution in [0.5, 0.6) is 0 Å². The molecule has 1 atom stereocenters. The zero-order chi connectivity index (χ0) is 18.5. The highest BCUT2D eigenvalue weighted by atomic mass is 32.2. The average molecular weight is 385 g/mol. The van der Waals surface area contributed by atoms with E-state index in [0.717, 1.165) is 55.4 Å². The third-order valence-electron chi connectivity index (χ3n) is 4.87. The van der Waals surface area contributed by atoms with Gasteiger partial charge in [0.15, 0.2) is 5.82 Å². The topological polar surface area (TPSA) is 67.3 Å². The van der Waals surface area contributed by atoms with Crippen LogP contribution in [0.25, 0.3) is 11.4 Å². The van der Waals surface area contributed by atoms with Crippen LogP contribution in [0.3, 0.4) is 0 Å². The van der Waals surface area contributed by atoms with E-state index in [1.54, 1.807) is 6.20 Å². The third kappa shape index (κ3) is 4.42. The van der Waals surface area contributed by atoms with Gasteiger partial charge in [0, 0.05) is 49.5 Å². The van der Waals surface area contributed by atoms with E-state index in [1.807, 2.05) is 42.1 Å². The highest BCUT2D eigenvalue weighted by Crippen LogP contribution is 2.25. The fraction of sp³-hybridized carbons (Fsp3) is 0.450. The number of anilines is 1. The maximum atomic E-state index is 12.8. The highest BCUT2D eigenvalue weighted by molar-refractivity contribution is 7.99. The van der Waals surface area contributed by atoms with Crippen LogP contribution < -0.4 is 10.2 Å². The summed E-state index contributed by atoms with van der Waals surface area (Å²) in [4.78, 5) is 24.3. The fourth-order valence-electron chi connectivity index (χ4n) is 3.38. The van der Waals surface area contributed by atoms with Crippen molar-refractivity contribution in [2.45, 2.75) is 18.9 Å². The molecule has 2 aliphatic heterocycles. The molecule has 27 heavy (non-hydrogen) atoms. The second-order valence-corrected chi connectivity index (χ2v) is 7.97. The van der Waals surface area contributed by atoms with Crippen molar-refractivity contribution in [1.29, 1.82) is 0 Å². The van der Waals surface area contributed by atoms with E-state index >= 15 is 0 Å². The lowest BCUT2D eigenvalue weighted by Gasteiger charge is -2.29. The molecule has 7 heteroatoms. The minimum absolute atomic E-state index is 0.119. The van der Waals surface area contributed by atoms with Gasteiger partial charge in [0.1, 0.15) is 11.4 Å². The number of nitrogens with zero attached hydrogens (tertiary/aromatic N) is 3. The smallest absolute Gasteiger partial charge is 0.256 e. The summed E-state index contributed by atoms with van der Waals surface area (Å²) in [5.74, 6) is 3.34. The minimum atomic E-state index is -0.127. The molecular weight excluding hydrogens is 360 g/mol. The monoisotopic (exact) mass is 384 g/mol. The van der Waals surface area contributed by atoms with Gasteiger partial charge < -0.3 is 15.0 Å². The molecule has 0 spiro atoms. The van der Waals surface area contributed by atoms with Crippen molar-refractivity contribution in [2.24, 2.45) is 0 Å². The number of hydrogen-bond donors (Lipinski definition) is 1. The lowest BCUT2D eigenvalue weighted by Crippen LogP contribution is -2.37. The van der Waals surface area contributed by atoms with E-state index in [1.165, 1.54) is 0 Å². The van der Waals surface area contributed by atoms with Gasteiger partial charge in [-0.25, -0.2) is 9.97 Å². The van der Waals surface area contributed by atoms with E-state index in [9.17, 15) is 4.79 Å². The Kier molecular flexibility index (Phi) is 5.89. The number of carbonyl (C=O) groups excluding carboxylic acids is 1. The molecule has 3 heterocycles. The van der Waals surface area contributed by atoms with Gasteiger partial charge in [-0.05, 0) is 12.8 Å². The van der Waals surface area contributed by atoms with Crippen LogP contribution in [-0.2, 0) is 4.74 Å². The van der Waals surface area contributed by atoms with Gasteiger partial charge in [-0.3, -0.25) is 4.79 Å². The summed E-state index contributed by atoms with van der Waals surface area (Å²) < 4.78 is 5.60. The number of amides is 1. The second kappa shape index (κ2) is 8.71. The van der Waals surface area contributed by atoms with Crippen molar-refractivity contribution >= 4 is 23.5 Å². The third-order valence-corrected chi connectivity index (χ3v) is 5.81. The number of ether oxygens (including phenoxy) is 1. The maximum absolute atomic E-state index is 12.8. The van der Waals surface area contributed by atoms with Gasteiger partial charge in [0.25, 0.3) is 5.91 Å². The Morgan fingerprint density at radius 3 is 2.81 bits per heavy atom. The number of thioether (sulfide) groups is 1. The summed E-state index contributed by atoms with van der Waals surface area (Å²) in [7, 11) is 0. The Balaban J connectivity index is 1.59. The number of carbonyl (C=O) groups is 1. The summed E-state index contributed by atoms with van der Waals surface area (Å²) in [5.41, 5.74) is 1.50. The van der Waals surface area contributed by atoms with Gasteiger partial charge in [-0.15, -0.1) is 0 Å². The Bertz CT molecular complexity index is 775. The molecule has 6 nitrogen and oxygen atoms in total. The molecule has 0 radical (unpaired) electrons. The van der Waals surface area contributed by atoms with Crippen molar-refractivity contribution in [3.8, 4) is 11.4 Å². The van der Waals surface area contributed by atoms with Crippen LogP contribution in [0, 0.1) is 0 Å². The van der Waals surface area contributed by atoms with Crippen molar-refractivity contribution in [3.63, 3.8) is 0 Å². The molecule has 1 N–H and O–H groups in total. The summed E-state index contributed by atoms with van der Waals surface area (Å²) in [6, 6.07) is 9.89. The molecule has 2 aliphatic rings. The number of aromatic nitrogens is 2. The van der Waals surface area contributed by atoms with Crippen molar-refractivity contribution in [2.75, 3.05) is 42.6 Å². The summed E-state index contributed by atoms with van der Waals surface area (Å²) >= 11 is 1.93. The highest BCUT2D eigenvalue weighted by Gasteiger charge is 2.23. The fourth-order valence-corrected chi connectivity index (χ4v) is 4.29. The average Bonchev–Trinajstić information content (AvgIpc) is 3.26. The van der Waals surface area contributed by atoms with Gasteiger partial charge >= 0.3 is 0 Å². The van der Waals surface area contributed by atoms with Crippen LogP contribution in [0.1, 0.15) is 23.2 Å². The molecule has 2 fully saturated rings. The molecule has 4 rings (SSSR count). The second-order valence-electron chi connectivity index (χ2n) is 6.74. The van der Waals surface area contributed by atoms with E-state index in [4.69, 9.17) is 9.72 Å². The van der Waals surface area contributed by atoms with Crippen molar-refractivity contribution in [3.05, 3.63) is 42.1 Å². The molecule has 142 valence electrons. The molecule has 0 saturated carbocycles. The SMILES string of the molecule is O=C(NCC1CCCO1)c1cnc(-c2ccccc2)nc1N1CCSCC1. The first-order chi connectivity index (χ1) is 13.3. The first-order valence-corrected chi connectivity index (χ1v) is 10.6. The van der Waals surface area contributed by atoms with Gasteiger partial charge in [-0.1, -0.05) is 30.3 Å². The predicted molar refractivity (Wildman–Crippen MR) is 108 cm³/mol. The molecule has 1 aromatic carbocycles. The Hall–Kier alpha value is -2.12. The summed E-state index contributed by atoms with van der Waals surface area (Å²) in [6.07, 6.45) is 3.84. The molecular formula is C20H24N4O2S. The Labute approximate surface area is 163 Å². The summed E-state index contributed by atoms with van der Waals surface area (Å²) in [6.45, 7) is 3.10. The lowest BCUT2D eigenvalue weighted by atomic mass is 10.2. The molecule has 1 unspecified atom stereocenters. The van der Waals surface area contributed by atoms with Crippen LogP contribution in [0.4, 0.5) is 5.82 Å². The predicted octanol–water partition coefficient (Wildman–Crippen LogP) is 2.61. The lowest BCUT2D eigenvalue weighted by molar-refractivity contribution is 0.0857. The minimum Gasteiger partial charge on any atom is -0.376 e. The standard InChI is InChI=1S/C20H24N4O2S/c25-20(22-13-16-7-4-10-26-16)17-14-21-18(15-5-2-1-3-6-15)23-19(17)24-8-11-27-12-9-24/h1-3,5-6,14,16H,4,7-13H2,(H,22,25). The maximum Gasteiger partial charge on any atom is 0.256 e. The first kappa shape index (κ1) is 18.3. The van der Waals surface area contributed by atoms with Crippen LogP contribution in [-0.4, -0.2) is 59.7 Å². The Morgan fingerprint density at radius 2 is 2.07 bits per heavy atom. The quantitative estimate of drug-likeness (QED) is 0.855. The Morgan fingerprint density at radius 1 is 1.26 bits per heavy atom. The number of nitrogens with one attached hydrogen (secondary N) is 1. The van der Waals surface area contributed by atoms with Crippen molar-refractivity contribution in [1.82, 2.24) is 15.3 Å². The van der Waals surface area contributed by atoms with Crippen LogP contribution in [0.2, 0.25) is 0 Å². The molecule has 1 aromatic heterocycles. The summed E-state index contributed by atoms with van der Waals surface area (Å²) in [5, 5.41) is 3.00.